The molecule has 1 atom stereocenters. The molecule has 0 saturated heterocycles. The van der Waals surface area contributed by atoms with Gasteiger partial charge < -0.3 is 14.8 Å². The van der Waals surface area contributed by atoms with Gasteiger partial charge in [-0.25, -0.2) is 8.42 Å². The van der Waals surface area contributed by atoms with Gasteiger partial charge in [0.1, 0.15) is 16.4 Å². The van der Waals surface area contributed by atoms with Crippen LogP contribution in [0.1, 0.15) is 12.5 Å². The average molecular weight is 413 g/mol. The smallest absolute Gasteiger partial charge is 0.245 e. The molecule has 2 N–H and O–H groups in total. The molecule has 9 heteroatoms. The first kappa shape index (κ1) is 21.0. The van der Waals surface area contributed by atoms with Crippen LogP contribution in [0.4, 0.5) is 0 Å². The lowest BCUT2D eigenvalue weighted by molar-refractivity contribution is -0.122. The number of ether oxygens (including phenoxy) is 2. The summed E-state index contributed by atoms with van der Waals surface area (Å²) in [7, 11) is -1.08. The molecule has 0 spiro atoms. The number of halogens is 1. The van der Waals surface area contributed by atoms with Crippen LogP contribution in [0.3, 0.4) is 0 Å². The summed E-state index contributed by atoms with van der Waals surface area (Å²) in [6, 6.07) is 10.4. The molecule has 0 radical (unpaired) electrons. The van der Waals surface area contributed by atoms with Crippen molar-refractivity contribution in [3.63, 3.8) is 0 Å². The number of nitrogens with one attached hydrogen (secondary N) is 2. The van der Waals surface area contributed by atoms with Crippen molar-refractivity contribution >= 4 is 27.5 Å². The first-order valence-corrected chi connectivity index (χ1v) is 9.89. The van der Waals surface area contributed by atoms with Gasteiger partial charge in [0, 0.05) is 11.6 Å². The minimum atomic E-state index is -4.00. The van der Waals surface area contributed by atoms with Crippen molar-refractivity contribution in [2.24, 2.45) is 0 Å². The largest absolute Gasteiger partial charge is 0.497 e. The summed E-state index contributed by atoms with van der Waals surface area (Å²) in [4.78, 5) is 12.1. The third-order valence-corrected chi connectivity index (χ3v) is 5.56. The molecule has 146 valence electrons. The van der Waals surface area contributed by atoms with Crippen LogP contribution in [0.25, 0.3) is 0 Å². The molecule has 0 fully saturated rings. The van der Waals surface area contributed by atoms with Crippen LogP contribution in [0.2, 0.25) is 5.02 Å². The number of carbonyl (C=O) groups excluding carboxylic acids is 1. The normalized spacial score (nSPS) is 12.3. The maximum atomic E-state index is 12.6. The third-order valence-electron chi connectivity index (χ3n) is 3.77. The molecule has 0 aliphatic rings. The van der Waals surface area contributed by atoms with E-state index in [1.165, 1.54) is 32.2 Å². The first-order valence-electron chi connectivity index (χ1n) is 8.03. The van der Waals surface area contributed by atoms with Crippen molar-refractivity contribution in [3.05, 3.63) is 53.1 Å². The van der Waals surface area contributed by atoms with Gasteiger partial charge in [0.25, 0.3) is 0 Å². The molecule has 2 aromatic carbocycles. The van der Waals surface area contributed by atoms with E-state index in [2.05, 4.69) is 10.0 Å². The number of carbonyl (C=O) groups is 1. The predicted molar refractivity (Wildman–Crippen MR) is 103 cm³/mol. The molecule has 27 heavy (non-hydrogen) atoms. The molecule has 0 unspecified atom stereocenters. The summed E-state index contributed by atoms with van der Waals surface area (Å²) in [6.45, 7) is 1.72. The number of amides is 1. The minimum Gasteiger partial charge on any atom is -0.497 e. The molecule has 2 rings (SSSR count). The average Bonchev–Trinajstić information content (AvgIpc) is 2.66. The van der Waals surface area contributed by atoms with Gasteiger partial charge in [-0.05, 0) is 42.8 Å². The summed E-state index contributed by atoms with van der Waals surface area (Å²) in [5, 5.41) is 2.93. The van der Waals surface area contributed by atoms with E-state index in [0.717, 1.165) is 5.56 Å². The zero-order valence-electron chi connectivity index (χ0n) is 15.2. The molecule has 0 heterocycles. The number of hydrogen-bond donors (Lipinski definition) is 2. The maximum absolute atomic E-state index is 12.6. The summed E-state index contributed by atoms with van der Waals surface area (Å²) >= 11 is 5.88. The van der Waals surface area contributed by atoms with Gasteiger partial charge in [0.05, 0.1) is 20.3 Å². The number of rotatable bonds is 8. The van der Waals surface area contributed by atoms with Gasteiger partial charge in [-0.3, -0.25) is 4.79 Å². The van der Waals surface area contributed by atoms with E-state index in [1.807, 2.05) is 12.1 Å². The fourth-order valence-electron chi connectivity index (χ4n) is 2.30. The van der Waals surface area contributed by atoms with Crippen molar-refractivity contribution in [1.82, 2.24) is 10.0 Å². The first-order chi connectivity index (χ1) is 12.8. The van der Waals surface area contributed by atoms with Crippen LogP contribution in [0.5, 0.6) is 11.5 Å². The second-order valence-corrected chi connectivity index (χ2v) is 7.82. The zero-order valence-corrected chi connectivity index (χ0v) is 16.7. The van der Waals surface area contributed by atoms with E-state index in [9.17, 15) is 13.2 Å². The van der Waals surface area contributed by atoms with Crippen LogP contribution in [-0.4, -0.2) is 34.6 Å². The van der Waals surface area contributed by atoms with Crippen molar-refractivity contribution in [1.29, 1.82) is 0 Å². The highest BCUT2D eigenvalue weighted by Crippen LogP contribution is 2.27. The van der Waals surface area contributed by atoms with Gasteiger partial charge in [-0.15, -0.1) is 0 Å². The molecular formula is C18H21ClN2O5S. The Morgan fingerprint density at radius 2 is 1.78 bits per heavy atom. The fourth-order valence-corrected chi connectivity index (χ4v) is 3.93. The number of benzene rings is 2. The molecule has 0 saturated carbocycles. The Hall–Kier alpha value is -2.29. The Bertz CT molecular complexity index is 900. The summed E-state index contributed by atoms with van der Waals surface area (Å²) in [5.74, 6) is 0.384. The van der Waals surface area contributed by atoms with Crippen molar-refractivity contribution < 1.29 is 22.7 Å². The Kier molecular flexibility index (Phi) is 7.06. The summed E-state index contributed by atoms with van der Waals surface area (Å²) < 4.78 is 37.6. The van der Waals surface area contributed by atoms with E-state index >= 15 is 0 Å². The van der Waals surface area contributed by atoms with Crippen LogP contribution in [0.15, 0.2) is 47.4 Å². The van der Waals surface area contributed by atoms with Gasteiger partial charge in [-0.2, -0.15) is 4.72 Å². The molecular weight excluding hydrogens is 392 g/mol. The van der Waals surface area contributed by atoms with Crippen molar-refractivity contribution in [2.75, 3.05) is 14.2 Å². The second kappa shape index (κ2) is 9.07. The number of hydrogen-bond acceptors (Lipinski definition) is 5. The lowest BCUT2D eigenvalue weighted by Gasteiger charge is -2.16. The minimum absolute atomic E-state index is 0.132. The van der Waals surface area contributed by atoms with Crippen LogP contribution < -0.4 is 19.5 Å². The van der Waals surface area contributed by atoms with Gasteiger partial charge in [0.15, 0.2) is 0 Å². The molecule has 0 bridgehead atoms. The standard InChI is InChI=1S/C18H21ClN2O5S/c1-12(18(22)20-11-13-4-7-15(25-2)8-5-13)21-27(23,24)17-10-14(19)6-9-16(17)26-3/h4-10,12,21H,11H2,1-3H3,(H,20,22)/t12-/m1/s1. The maximum Gasteiger partial charge on any atom is 0.245 e. The van der Waals surface area contributed by atoms with E-state index in [0.29, 0.717) is 5.75 Å². The van der Waals surface area contributed by atoms with Gasteiger partial charge in [0.2, 0.25) is 15.9 Å². The van der Waals surface area contributed by atoms with E-state index in [4.69, 9.17) is 21.1 Å². The summed E-state index contributed by atoms with van der Waals surface area (Å²) in [5.41, 5.74) is 0.857. The molecule has 0 aliphatic carbocycles. The Labute approximate surface area is 163 Å². The highest BCUT2D eigenvalue weighted by atomic mass is 35.5. The number of sulfonamides is 1. The SMILES string of the molecule is COc1ccc(CNC(=O)[C@@H](C)NS(=O)(=O)c2cc(Cl)ccc2OC)cc1. The van der Waals surface area contributed by atoms with Crippen LogP contribution in [-0.2, 0) is 21.4 Å². The Balaban J connectivity index is 2.03. The quantitative estimate of drug-likeness (QED) is 0.694. The monoisotopic (exact) mass is 412 g/mol. The highest BCUT2D eigenvalue weighted by Gasteiger charge is 2.25. The van der Waals surface area contributed by atoms with Gasteiger partial charge >= 0.3 is 0 Å². The Morgan fingerprint density at radius 1 is 1.11 bits per heavy atom. The second-order valence-electron chi connectivity index (χ2n) is 5.70. The number of methoxy groups -OCH3 is 2. The zero-order chi connectivity index (χ0) is 20.0. The third kappa shape index (κ3) is 5.59. The van der Waals surface area contributed by atoms with Crippen LogP contribution >= 0.6 is 11.6 Å². The Morgan fingerprint density at radius 3 is 2.37 bits per heavy atom. The molecule has 0 aliphatic heterocycles. The highest BCUT2D eigenvalue weighted by molar-refractivity contribution is 7.89. The predicted octanol–water partition coefficient (Wildman–Crippen LogP) is 2.34. The lowest BCUT2D eigenvalue weighted by Crippen LogP contribution is -2.44. The van der Waals surface area contributed by atoms with E-state index in [1.54, 1.807) is 19.2 Å². The van der Waals surface area contributed by atoms with Gasteiger partial charge in [-0.1, -0.05) is 23.7 Å². The lowest BCUT2D eigenvalue weighted by atomic mass is 10.2. The summed E-state index contributed by atoms with van der Waals surface area (Å²) in [6.07, 6.45) is 0. The fraction of sp³-hybridized carbons (Fsp3) is 0.278. The van der Waals surface area contributed by atoms with Crippen LogP contribution in [0, 0.1) is 0 Å². The molecule has 7 nitrogen and oxygen atoms in total. The van der Waals surface area contributed by atoms with Crippen molar-refractivity contribution in [3.8, 4) is 11.5 Å². The van der Waals surface area contributed by atoms with E-state index in [-0.39, 0.29) is 22.2 Å². The molecule has 2 aromatic rings. The molecule has 1 amide bonds. The molecule has 0 aromatic heterocycles. The topological polar surface area (TPSA) is 93.7 Å². The van der Waals surface area contributed by atoms with E-state index < -0.39 is 22.0 Å². The van der Waals surface area contributed by atoms with Crippen molar-refractivity contribution in [2.45, 2.75) is 24.4 Å².